The Labute approximate surface area is 169 Å². The van der Waals surface area contributed by atoms with Crippen LogP contribution in [0.3, 0.4) is 0 Å². The van der Waals surface area contributed by atoms with Crippen molar-refractivity contribution in [2.45, 2.75) is 12.3 Å². The molecule has 1 aromatic heterocycles. The third-order valence-corrected chi connectivity index (χ3v) is 5.23. The van der Waals surface area contributed by atoms with Crippen LogP contribution in [-0.2, 0) is 11.2 Å². The second-order valence-corrected chi connectivity index (χ2v) is 6.91. The third kappa shape index (κ3) is 4.21. The summed E-state index contributed by atoms with van der Waals surface area (Å²) in [5.41, 5.74) is 9.08. The summed E-state index contributed by atoms with van der Waals surface area (Å²) in [4.78, 5) is 14.8. The van der Waals surface area contributed by atoms with Crippen LogP contribution in [0.25, 0.3) is 5.69 Å². The molecule has 4 rings (SSSR count). The van der Waals surface area contributed by atoms with E-state index in [1.165, 1.54) is 5.56 Å². The molecule has 1 aliphatic heterocycles. The van der Waals surface area contributed by atoms with Crippen LogP contribution in [0, 0.1) is 5.92 Å². The lowest BCUT2D eigenvalue weighted by Gasteiger charge is -2.17. The Morgan fingerprint density at radius 3 is 2.46 bits per heavy atom. The van der Waals surface area contributed by atoms with Gasteiger partial charge in [0, 0.05) is 19.0 Å². The summed E-state index contributed by atoms with van der Waals surface area (Å²) >= 11 is 0. The van der Waals surface area contributed by atoms with Crippen LogP contribution in [0.2, 0.25) is 0 Å². The fourth-order valence-electron chi connectivity index (χ4n) is 3.72. The number of carbonyl (C=O) groups excluding carboxylic acids is 1. The first-order valence-electron chi connectivity index (χ1n) is 9.09. The smallest absolute Gasteiger partial charge is 0.227 e. The number of nitrogens with zero attached hydrogens (tertiary/aromatic N) is 5. The van der Waals surface area contributed by atoms with Gasteiger partial charge in [0.25, 0.3) is 0 Å². The first-order valence-corrected chi connectivity index (χ1v) is 9.09. The number of amides is 1. The molecular weight excluding hydrogens is 376 g/mol. The average molecular weight is 399 g/mol. The summed E-state index contributed by atoms with van der Waals surface area (Å²) in [5, 5.41) is 11.1. The van der Waals surface area contributed by atoms with Crippen molar-refractivity contribution in [3.63, 3.8) is 0 Å². The first kappa shape index (κ1) is 20.0. The van der Waals surface area contributed by atoms with E-state index in [1.54, 1.807) is 11.0 Å². The van der Waals surface area contributed by atoms with Gasteiger partial charge in [-0.05, 0) is 46.1 Å². The Hall–Kier alpha value is -2.77. The van der Waals surface area contributed by atoms with Gasteiger partial charge in [-0.25, -0.2) is 4.68 Å². The van der Waals surface area contributed by atoms with E-state index in [0.29, 0.717) is 24.8 Å². The Kier molecular flexibility index (Phi) is 6.38. The highest BCUT2D eigenvalue weighted by Gasteiger charge is 2.35. The van der Waals surface area contributed by atoms with Crippen LogP contribution in [0.5, 0.6) is 0 Å². The standard InChI is InChI=1S/C20H22N6O.ClH/c21-11-17-12-25(13-19(17)16-4-2-1-3-5-16)20(27)10-15-6-8-18(9-7-15)26-14-22-23-24-26;/h1-9,14,17,19H,10-13,21H2;1H/t17-,19+;/m1./s1. The molecule has 1 aliphatic rings. The van der Waals surface area contributed by atoms with Crippen LogP contribution < -0.4 is 5.73 Å². The van der Waals surface area contributed by atoms with Gasteiger partial charge in [-0.2, -0.15) is 0 Å². The van der Waals surface area contributed by atoms with E-state index in [9.17, 15) is 4.79 Å². The number of aromatic nitrogens is 4. The lowest BCUT2D eigenvalue weighted by molar-refractivity contribution is -0.129. The maximum absolute atomic E-state index is 12.8. The molecule has 2 heterocycles. The minimum absolute atomic E-state index is 0. The fourth-order valence-corrected chi connectivity index (χ4v) is 3.72. The van der Waals surface area contributed by atoms with Crippen molar-refractivity contribution in [2.24, 2.45) is 11.7 Å². The summed E-state index contributed by atoms with van der Waals surface area (Å²) in [7, 11) is 0. The SMILES string of the molecule is Cl.NC[C@@H]1CN(C(=O)Cc2ccc(-n3cnnn3)cc2)C[C@H]1c1ccccc1. The molecule has 3 aromatic rings. The summed E-state index contributed by atoms with van der Waals surface area (Å²) in [6, 6.07) is 18.1. The van der Waals surface area contributed by atoms with Gasteiger partial charge in [-0.15, -0.1) is 17.5 Å². The largest absolute Gasteiger partial charge is 0.341 e. The zero-order chi connectivity index (χ0) is 18.6. The van der Waals surface area contributed by atoms with Crippen LogP contribution in [0.15, 0.2) is 60.9 Å². The van der Waals surface area contributed by atoms with Gasteiger partial charge in [0.1, 0.15) is 6.33 Å². The second kappa shape index (κ2) is 8.95. The Bertz CT molecular complexity index is 885. The van der Waals surface area contributed by atoms with Crippen molar-refractivity contribution in [2.75, 3.05) is 19.6 Å². The van der Waals surface area contributed by atoms with E-state index in [1.807, 2.05) is 47.4 Å². The van der Waals surface area contributed by atoms with E-state index in [4.69, 9.17) is 5.73 Å². The second-order valence-electron chi connectivity index (χ2n) is 6.91. The average Bonchev–Trinajstić information content (AvgIpc) is 3.39. The molecule has 2 atom stereocenters. The van der Waals surface area contributed by atoms with Crippen LogP contribution >= 0.6 is 12.4 Å². The van der Waals surface area contributed by atoms with Crippen molar-refractivity contribution in [1.29, 1.82) is 0 Å². The Morgan fingerprint density at radius 2 is 1.82 bits per heavy atom. The molecule has 0 saturated carbocycles. The van der Waals surface area contributed by atoms with Gasteiger partial charge in [0.05, 0.1) is 12.1 Å². The summed E-state index contributed by atoms with van der Waals surface area (Å²) < 4.78 is 1.59. The van der Waals surface area contributed by atoms with Gasteiger partial charge in [0.2, 0.25) is 5.91 Å². The van der Waals surface area contributed by atoms with Crippen LogP contribution in [0.1, 0.15) is 17.0 Å². The van der Waals surface area contributed by atoms with Crippen LogP contribution in [-0.4, -0.2) is 50.6 Å². The molecule has 146 valence electrons. The Balaban J connectivity index is 0.00000225. The number of halogens is 1. The molecule has 1 fully saturated rings. The minimum atomic E-state index is 0. The zero-order valence-corrected chi connectivity index (χ0v) is 16.2. The van der Waals surface area contributed by atoms with Gasteiger partial charge in [-0.3, -0.25) is 4.79 Å². The summed E-state index contributed by atoms with van der Waals surface area (Å²) in [5.74, 6) is 0.753. The molecular formula is C20H23ClN6O. The van der Waals surface area contributed by atoms with Gasteiger partial charge in [-0.1, -0.05) is 42.5 Å². The number of hydrogen-bond donors (Lipinski definition) is 1. The first-order chi connectivity index (χ1) is 13.2. The number of rotatable bonds is 5. The fraction of sp³-hybridized carbons (Fsp3) is 0.300. The molecule has 1 amide bonds. The molecule has 7 nitrogen and oxygen atoms in total. The van der Waals surface area contributed by atoms with Crippen LogP contribution in [0.4, 0.5) is 0 Å². The van der Waals surface area contributed by atoms with Gasteiger partial charge in [0.15, 0.2) is 0 Å². The Morgan fingerprint density at radius 1 is 1.07 bits per heavy atom. The molecule has 28 heavy (non-hydrogen) atoms. The van der Waals surface area contributed by atoms with Gasteiger partial charge < -0.3 is 10.6 Å². The topological polar surface area (TPSA) is 89.9 Å². The molecule has 0 spiro atoms. The van der Waals surface area contributed by atoms with E-state index in [2.05, 4.69) is 27.7 Å². The number of benzene rings is 2. The molecule has 0 bridgehead atoms. The molecule has 0 radical (unpaired) electrons. The van der Waals surface area contributed by atoms with Crippen molar-refractivity contribution < 1.29 is 4.79 Å². The lowest BCUT2D eigenvalue weighted by atomic mass is 9.89. The minimum Gasteiger partial charge on any atom is -0.341 e. The summed E-state index contributed by atoms with van der Waals surface area (Å²) in [6.45, 7) is 2.04. The highest BCUT2D eigenvalue weighted by atomic mass is 35.5. The van der Waals surface area contributed by atoms with Crippen molar-refractivity contribution >= 4 is 18.3 Å². The number of hydrogen-bond acceptors (Lipinski definition) is 5. The predicted octanol–water partition coefficient (Wildman–Crippen LogP) is 1.83. The lowest BCUT2D eigenvalue weighted by Crippen LogP contribution is -2.31. The van der Waals surface area contributed by atoms with Crippen molar-refractivity contribution in [3.05, 3.63) is 72.1 Å². The molecule has 8 heteroatoms. The molecule has 0 unspecified atom stereocenters. The maximum Gasteiger partial charge on any atom is 0.227 e. The number of nitrogens with two attached hydrogens (primary N) is 1. The van der Waals surface area contributed by atoms with E-state index in [0.717, 1.165) is 24.3 Å². The van der Waals surface area contributed by atoms with E-state index >= 15 is 0 Å². The van der Waals surface area contributed by atoms with Crippen molar-refractivity contribution in [1.82, 2.24) is 25.1 Å². The monoisotopic (exact) mass is 398 g/mol. The van der Waals surface area contributed by atoms with Gasteiger partial charge >= 0.3 is 0 Å². The van der Waals surface area contributed by atoms with E-state index in [-0.39, 0.29) is 18.3 Å². The quantitative estimate of drug-likeness (QED) is 0.708. The predicted molar refractivity (Wildman–Crippen MR) is 108 cm³/mol. The normalized spacial score (nSPS) is 18.7. The van der Waals surface area contributed by atoms with Crippen molar-refractivity contribution in [3.8, 4) is 5.69 Å². The summed E-state index contributed by atoms with van der Waals surface area (Å²) in [6.07, 6.45) is 1.93. The van der Waals surface area contributed by atoms with E-state index < -0.39 is 0 Å². The molecule has 2 aromatic carbocycles. The highest BCUT2D eigenvalue weighted by Crippen LogP contribution is 2.32. The number of carbonyl (C=O) groups is 1. The highest BCUT2D eigenvalue weighted by molar-refractivity contribution is 5.85. The third-order valence-electron chi connectivity index (χ3n) is 5.23. The molecule has 1 saturated heterocycles. The number of tetrazole rings is 1. The molecule has 0 aliphatic carbocycles. The number of likely N-dealkylation sites (tertiary alicyclic amines) is 1. The zero-order valence-electron chi connectivity index (χ0n) is 15.4. The maximum atomic E-state index is 12.8. The molecule has 2 N–H and O–H groups in total.